The number of anilines is 1. The molecule has 2 N–H and O–H groups in total. The van der Waals surface area contributed by atoms with Crippen molar-refractivity contribution in [2.24, 2.45) is 0 Å². The summed E-state index contributed by atoms with van der Waals surface area (Å²) in [6.07, 6.45) is 0.197. The number of likely N-dealkylation sites (N-methyl/N-ethyl adjacent to an activating group) is 1. The monoisotopic (exact) mass is 270 g/mol. The third kappa shape index (κ3) is 2.24. The fraction of sp³-hybridized carbons (Fsp3) is 0.364. The summed E-state index contributed by atoms with van der Waals surface area (Å²) in [5, 5.41) is 11.4. The normalized spacial score (nSPS) is 14.7. The van der Waals surface area contributed by atoms with Crippen molar-refractivity contribution in [2.45, 2.75) is 11.3 Å². The minimum absolute atomic E-state index is 0.0383. The van der Waals surface area contributed by atoms with Crippen LogP contribution in [0.1, 0.15) is 5.56 Å². The molecule has 0 spiro atoms. The highest BCUT2D eigenvalue weighted by molar-refractivity contribution is 7.89. The van der Waals surface area contributed by atoms with E-state index in [0.717, 1.165) is 4.31 Å². The van der Waals surface area contributed by atoms with Crippen molar-refractivity contribution >= 4 is 21.6 Å². The summed E-state index contributed by atoms with van der Waals surface area (Å²) in [5.74, 6) is -0.136. The molecule has 7 heteroatoms. The molecule has 0 fully saturated rings. The number of amides is 1. The average molecular weight is 270 g/mol. The van der Waals surface area contributed by atoms with Gasteiger partial charge in [-0.15, -0.1) is 0 Å². The zero-order valence-electron chi connectivity index (χ0n) is 9.88. The van der Waals surface area contributed by atoms with Crippen LogP contribution in [0.3, 0.4) is 0 Å². The smallest absolute Gasteiger partial charge is 0.242 e. The summed E-state index contributed by atoms with van der Waals surface area (Å²) in [7, 11) is -2.20. The lowest BCUT2D eigenvalue weighted by Gasteiger charge is -2.16. The molecule has 0 saturated carbocycles. The molecule has 18 heavy (non-hydrogen) atoms. The van der Waals surface area contributed by atoms with Crippen molar-refractivity contribution in [2.75, 3.05) is 25.5 Å². The van der Waals surface area contributed by atoms with Crippen LogP contribution in [0.5, 0.6) is 0 Å². The first-order chi connectivity index (χ1) is 8.45. The quantitative estimate of drug-likeness (QED) is 0.793. The Morgan fingerprint density at radius 2 is 2.17 bits per heavy atom. The molecule has 0 aliphatic carbocycles. The highest BCUT2D eigenvalue weighted by atomic mass is 32.2. The minimum Gasteiger partial charge on any atom is -0.395 e. The van der Waals surface area contributed by atoms with E-state index in [9.17, 15) is 13.2 Å². The number of sulfonamides is 1. The molecule has 1 aliphatic heterocycles. The molecule has 6 nitrogen and oxygen atoms in total. The Morgan fingerprint density at radius 3 is 2.83 bits per heavy atom. The summed E-state index contributed by atoms with van der Waals surface area (Å²) in [4.78, 5) is 11.3. The van der Waals surface area contributed by atoms with Gasteiger partial charge in [-0.2, -0.15) is 4.31 Å². The molecule has 1 heterocycles. The van der Waals surface area contributed by atoms with Crippen molar-refractivity contribution in [1.82, 2.24) is 4.31 Å². The first kappa shape index (κ1) is 13.0. The SMILES string of the molecule is CN(CCO)S(=O)(=O)c1ccc2c(c1)CC(=O)N2. The standard InChI is InChI=1S/C11H14N2O4S/c1-13(4-5-14)18(16,17)9-2-3-10-8(6-9)7-11(15)12-10/h2-3,6,14H,4-5,7H2,1H3,(H,12,15). The molecule has 1 aliphatic rings. The predicted octanol–water partition coefficient (Wildman–Crippen LogP) is -0.206. The van der Waals surface area contributed by atoms with Crippen molar-refractivity contribution in [3.63, 3.8) is 0 Å². The number of nitrogens with one attached hydrogen (secondary N) is 1. The number of carbonyl (C=O) groups is 1. The van der Waals surface area contributed by atoms with Crippen LogP contribution in [-0.2, 0) is 21.2 Å². The number of rotatable bonds is 4. The van der Waals surface area contributed by atoms with Crippen LogP contribution in [0.2, 0.25) is 0 Å². The molecule has 0 saturated heterocycles. The maximum Gasteiger partial charge on any atom is 0.242 e. The molecular formula is C11H14N2O4S. The van der Waals surface area contributed by atoms with Crippen molar-refractivity contribution in [3.05, 3.63) is 23.8 Å². The van der Waals surface area contributed by atoms with E-state index in [1.807, 2.05) is 0 Å². The Labute approximate surface area is 105 Å². The lowest BCUT2D eigenvalue weighted by molar-refractivity contribution is -0.115. The second-order valence-corrected chi connectivity index (χ2v) is 6.14. The predicted molar refractivity (Wildman–Crippen MR) is 65.7 cm³/mol. The molecule has 1 amide bonds. The number of fused-ring (bicyclic) bond motifs is 1. The Kier molecular flexibility index (Phi) is 3.38. The van der Waals surface area contributed by atoms with Gasteiger partial charge >= 0.3 is 0 Å². The van der Waals surface area contributed by atoms with E-state index in [0.29, 0.717) is 11.3 Å². The maximum atomic E-state index is 12.1. The molecule has 0 atom stereocenters. The third-order valence-electron chi connectivity index (χ3n) is 2.82. The van der Waals surface area contributed by atoms with Crippen LogP contribution in [0.4, 0.5) is 5.69 Å². The van der Waals surface area contributed by atoms with Crippen LogP contribution < -0.4 is 5.32 Å². The highest BCUT2D eigenvalue weighted by Gasteiger charge is 2.24. The molecule has 1 aromatic carbocycles. The van der Waals surface area contributed by atoms with E-state index < -0.39 is 10.0 Å². The summed E-state index contributed by atoms with van der Waals surface area (Å²) in [5.41, 5.74) is 1.34. The van der Waals surface area contributed by atoms with Gasteiger partial charge in [-0.25, -0.2) is 8.42 Å². The minimum atomic E-state index is -3.61. The van der Waals surface area contributed by atoms with Crippen molar-refractivity contribution < 1.29 is 18.3 Å². The van der Waals surface area contributed by atoms with E-state index in [-0.39, 0.29) is 30.4 Å². The van der Waals surface area contributed by atoms with Gasteiger partial charge in [0.05, 0.1) is 17.9 Å². The Morgan fingerprint density at radius 1 is 1.44 bits per heavy atom. The second kappa shape index (κ2) is 4.68. The number of aliphatic hydroxyl groups is 1. The van der Waals surface area contributed by atoms with Crippen molar-refractivity contribution in [1.29, 1.82) is 0 Å². The average Bonchev–Trinajstić information content (AvgIpc) is 2.68. The number of nitrogens with zero attached hydrogens (tertiary/aromatic N) is 1. The fourth-order valence-corrected chi connectivity index (χ4v) is 3.02. The van der Waals surface area contributed by atoms with E-state index in [1.54, 1.807) is 6.07 Å². The Bertz CT molecular complexity index is 583. The zero-order valence-corrected chi connectivity index (χ0v) is 10.7. The summed E-state index contributed by atoms with van der Waals surface area (Å²) < 4.78 is 25.3. The van der Waals surface area contributed by atoms with Gasteiger partial charge in [0, 0.05) is 19.3 Å². The highest BCUT2D eigenvalue weighted by Crippen LogP contribution is 2.26. The van der Waals surface area contributed by atoms with Gasteiger partial charge < -0.3 is 10.4 Å². The molecule has 1 aromatic rings. The zero-order chi connectivity index (χ0) is 13.3. The summed E-state index contributed by atoms with van der Waals surface area (Å²) in [6, 6.07) is 4.53. The van der Waals surface area contributed by atoms with Crippen LogP contribution >= 0.6 is 0 Å². The molecule has 0 radical (unpaired) electrons. The number of aliphatic hydroxyl groups excluding tert-OH is 1. The van der Waals surface area contributed by atoms with Crippen LogP contribution in [0.25, 0.3) is 0 Å². The largest absolute Gasteiger partial charge is 0.395 e. The molecule has 0 aromatic heterocycles. The van der Waals surface area contributed by atoms with Gasteiger partial charge in [0.25, 0.3) is 0 Å². The van der Waals surface area contributed by atoms with Gasteiger partial charge in [-0.05, 0) is 23.8 Å². The van der Waals surface area contributed by atoms with E-state index in [4.69, 9.17) is 5.11 Å². The summed E-state index contributed by atoms with van der Waals surface area (Å²) >= 11 is 0. The topological polar surface area (TPSA) is 86.7 Å². The molecule has 2 rings (SSSR count). The molecule has 0 unspecified atom stereocenters. The first-order valence-corrected chi connectivity index (χ1v) is 6.89. The lowest BCUT2D eigenvalue weighted by Crippen LogP contribution is -2.29. The van der Waals surface area contributed by atoms with E-state index >= 15 is 0 Å². The molecular weight excluding hydrogens is 256 g/mol. The summed E-state index contributed by atoms with van der Waals surface area (Å²) in [6.45, 7) is -0.197. The number of hydrogen-bond donors (Lipinski definition) is 2. The Hall–Kier alpha value is -1.44. The Balaban J connectivity index is 2.36. The van der Waals surface area contributed by atoms with Crippen LogP contribution in [0, 0.1) is 0 Å². The van der Waals surface area contributed by atoms with Gasteiger partial charge in [-0.1, -0.05) is 0 Å². The maximum absolute atomic E-state index is 12.1. The van der Waals surface area contributed by atoms with Crippen molar-refractivity contribution in [3.8, 4) is 0 Å². The number of hydrogen-bond acceptors (Lipinski definition) is 4. The van der Waals surface area contributed by atoms with Gasteiger partial charge in [-0.3, -0.25) is 4.79 Å². The number of benzene rings is 1. The van der Waals surface area contributed by atoms with Gasteiger partial charge in [0.15, 0.2) is 0 Å². The molecule has 0 bridgehead atoms. The third-order valence-corrected chi connectivity index (χ3v) is 4.68. The van der Waals surface area contributed by atoms with Gasteiger partial charge in [0.2, 0.25) is 15.9 Å². The second-order valence-electron chi connectivity index (χ2n) is 4.09. The van der Waals surface area contributed by atoms with E-state index in [1.165, 1.54) is 19.2 Å². The van der Waals surface area contributed by atoms with Crippen LogP contribution in [-0.4, -0.2) is 43.9 Å². The van der Waals surface area contributed by atoms with Gasteiger partial charge in [0.1, 0.15) is 0 Å². The first-order valence-electron chi connectivity index (χ1n) is 5.45. The van der Waals surface area contributed by atoms with E-state index in [2.05, 4.69) is 5.32 Å². The lowest BCUT2D eigenvalue weighted by atomic mass is 10.2. The van der Waals surface area contributed by atoms with Crippen LogP contribution in [0.15, 0.2) is 23.1 Å². The molecule has 98 valence electrons. The fourth-order valence-electron chi connectivity index (χ4n) is 1.81. The number of carbonyl (C=O) groups excluding carboxylic acids is 1.